The third-order valence-corrected chi connectivity index (χ3v) is 3.63. The lowest BCUT2D eigenvalue weighted by molar-refractivity contribution is 0.886. The zero-order chi connectivity index (χ0) is 13.3. The Kier molecular flexibility index (Phi) is 3.36. The van der Waals surface area contributed by atoms with Crippen LogP contribution < -0.4 is 11.2 Å². The summed E-state index contributed by atoms with van der Waals surface area (Å²) in [6, 6.07) is 6.66. The van der Waals surface area contributed by atoms with Gasteiger partial charge in [-0.3, -0.25) is 14.3 Å². The number of hydrogen-bond acceptors (Lipinski definition) is 3. The Hall–Kier alpha value is -1.84. The minimum Gasteiger partial charge on any atom is -0.273 e. The number of rotatable bonds is 1. The molecule has 1 aromatic heterocycles. The van der Waals surface area contributed by atoms with Gasteiger partial charge in [0.15, 0.2) is 0 Å². The highest BCUT2D eigenvalue weighted by Gasteiger charge is 2.10. The molecule has 2 rings (SSSR count). The summed E-state index contributed by atoms with van der Waals surface area (Å²) >= 11 is 9.17. The molecule has 0 unspecified atom stereocenters. The van der Waals surface area contributed by atoms with E-state index in [1.54, 1.807) is 24.3 Å². The summed E-state index contributed by atoms with van der Waals surface area (Å²) in [5.74, 6) is 0. The molecule has 0 fully saturated rings. The molecule has 5 nitrogen and oxygen atoms in total. The number of hydrogen-bond donors (Lipinski definition) is 1. The minimum atomic E-state index is -0.711. The fourth-order valence-electron chi connectivity index (χ4n) is 1.41. The van der Waals surface area contributed by atoms with Gasteiger partial charge in [-0.25, -0.2) is 4.79 Å². The van der Waals surface area contributed by atoms with Crippen LogP contribution >= 0.6 is 27.5 Å². The van der Waals surface area contributed by atoms with Crippen LogP contribution in [-0.4, -0.2) is 9.55 Å². The normalized spacial score (nSPS) is 10.1. The van der Waals surface area contributed by atoms with Gasteiger partial charge in [-0.2, -0.15) is 5.26 Å². The topological polar surface area (TPSA) is 78.7 Å². The monoisotopic (exact) mass is 325 g/mol. The second-order valence-corrected chi connectivity index (χ2v) is 4.56. The predicted octanol–water partition coefficient (Wildman–Crippen LogP) is 1.81. The van der Waals surface area contributed by atoms with E-state index in [0.29, 0.717) is 15.2 Å². The molecule has 0 aliphatic rings. The Morgan fingerprint density at radius 2 is 2.11 bits per heavy atom. The van der Waals surface area contributed by atoms with Crippen molar-refractivity contribution in [1.29, 1.82) is 5.26 Å². The van der Waals surface area contributed by atoms with Crippen LogP contribution in [0.5, 0.6) is 0 Å². The molecule has 0 radical (unpaired) electrons. The van der Waals surface area contributed by atoms with Crippen molar-refractivity contribution in [3.63, 3.8) is 0 Å². The lowest BCUT2D eigenvalue weighted by Crippen LogP contribution is -2.30. The van der Waals surface area contributed by atoms with Crippen molar-refractivity contribution in [2.75, 3.05) is 0 Å². The quantitative estimate of drug-likeness (QED) is 0.868. The number of aromatic amines is 1. The third kappa shape index (κ3) is 2.10. The van der Waals surface area contributed by atoms with Crippen molar-refractivity contribution in [3.05, 3.63) is 60.3 Å². The van der Waals surface area contributed by atoms with Gasteiger partial charge in [0.2, 0.25) is 0 Å². The van der Waals surface area contributed by atoms with Gasteiger partial charge in [0.25, 0.3) is 5.56 Å². The highest BCUT2D eigenvalue weighted by atomic mass is 79.9. The highest BCUT2D eigenvalue weighted by Crippen LogP contribution is 2.27. The fraction of sp³-hybridized carbons (Fsp3) is 0. The summed E-state index contributed by atoms with van der Waals surface area (Å²) in [6.07, 6.45) is 1.18. The molecule has 0 aliphatic carbocycles. The van der Waals surface area contributed by atoms with Gasteiger partial charge in [-0.1, -0.05) is 17.7 Å². The zero-order valence-electron chi connectivity index (χ0n) is 8.78. The first-order valence-electron chi connectivity index (χ1n) is 4.75. The summed E-state index contributed by atoms with van der Waals surface area (Å²) < 4.78 is 1.65. The van der Waals surface area contributed by atoms with E-state index in [9.17, 15) is 9.59 Å². The lowest BCUT2D eigenvalue weighted by atomic mass is 10.3. The number of benzene rings is 1. The van der Waals surface area contributed by atoms with Crippen LogP contribution in [-0.2, 0) is 0 Å². The van der Waals surface area contributed by atoms with Crippen LogP contribution in [0.4, 0.5) is 0 Å². The summed E-state index contributed by atoms with van der Waals surface area (Å²) in [5.41, 5.74) is -1.06. The van der Waals surface area contributed by atoms with Crippen LogP contribution in [0.25, 0.3) is 5.69 Å². The maximum atomic E-state index is 11.7. The summed E-state index contributed by atoms with van der Waals surface area (Å²) in [6.45, 7) is 0. The fourth-order valence-corrected chi connectivity index (χ4v) is 2.03. The van der Waals surface area contributed by atoms with Gasteiger partial charge >= 0.3 is 5.69 Å². The van der Waals surface area contributed by atoms with Gasteiger partial charge < -0.3 is 0 Å². The number of H-pyrrole nitrogens is 1. The van der Waals surface area contributed by atoms with E-state index >= 15 is 0 Å². The number of aromatic nitrogens is 2. The van der Waals surface area contributed by atoms with Crippen LogP contribution in [0.3, 0.4) is 0 Å². The number of nitrogens with one attached hydrogen (secondary N) is 1. The molecule has 0 saturated carbocycles. The van der Waals surface area contributed by atoms with Gasteiger partial charge in [-0.05, 0) is 28.1 Å². The molecule has 0 atom stereocenters. The minimum absolute atomic E-state index is 0.151. The molecule has 90 valence electrons. The van der Waals surface area contributed by atoms with Crippen molar-refractivity contribution in [3.8, 4) is 11.8 Å². The molecular weight excluding hydrogens is 321 g/mol. The van der Waals surface area contributed by atoms with E-state index < -0.39 is 11.2 Å². The van der Waals surface area contributed by atoms with Crippen LogP contribution in [0.2, 0.25) is 5.02 Å². The molecular formula is C11H5BrClN3O2. The van der Waals surface area contributed by atoms with Gasteiger partial charge in [0.1, 0.15) is 11.6 Å². The van der Waals surface area contributed by atoms with E-state index in [2.05, 4.69) is 20.9 Å². The van der Waals surface area contributed by atoms with E-state index in [4.69, 9.17) is 16.9 Å². The standard InChI is InChI=1S/C11H5BrClN3O2/c12-9-7(13)2-1-3-8(9)16-5-6(4-14)10(17)15-11(16)18/h1-3,5H,(H,15,17,18). The molecule has 0 saturated heterocycles. The Morgan fingerprint density at radius 1 is 1.39 bits per heavy atom. The first-order valence-corrected chi connectivity index (χ1v) is 5.92. The molecule has 7 heteroatoms. The Morgan fingerprint density at radius 3 is 2.78 bits per heavy atom. The van der Waals surface area contributed by atoms with E-state index in [-0.39, 0.29) is 5.56 Å². The zero-order valence-corrected chi connectivity index (χ0v) is 11.1. The van der Waals surface area contributed by atoms with E-state index in [1.807, 2.05) is 0 Å². The van der Waals surface area contributed by atoms with Crippen molar-refractivity contribution in [2.24, 2.45) is 0 Å². The average Bonchev–Trinajstić information content (AvgIpc) is 2.34. The van der Waals surface area contributed by atoms with Gasteiger partial charge in [0.05, 0.1) is 15.2 Å². The molecule has 0 spiro atoms. The molecule has 2 aromatic rings. The second-order valence-electron chi connectivity index (χ2n) is 3.36. The van der Waals surface area contributed by atoms with Crippen LogP contribution in [0.15, 0.2) is 38.5 Å². The predicted molar refractivity (Wildman–Crippen MR) is 70.1 cm³/mol. The van der Waals surface area contributed by atoms with Gasteiger partial charge in [0, 0.05) is 6.20 Å². The smallest absolute Gasteiger partial charge is 0.273 e. The maximum Gasteiger partial charge on any atom is 0.333 e. The first kappa shape index (κ1) is 12.6. The number of nitrogens with zero attached hydrogens (tertiary/aromatic N) is 2. The molecule has 0 bridgehead atoms. The number of nitriles is 1. The van der Waals surface area contributed by atoms with E-state index in [1.165, 1.54) is 6.20 Å². The first-order chi connectivity index (χ1) is 8.54. The van der Waals surface area contributed by atoms with E-state index in [0.717, 1.165) is 4.57 Å². The lowest BCUT2D eigenvalue weighted by Gasteiger charge is -2.08. The van der Waals surface area contributed by atoms with Crippen LogP contribution in [0.1, 0.15) is 5.56 Å². The van der Waals surface area contributed by atoms with Gasteiger partial charge in [-0.15, -0.1) is 0 Å². The summed E-state index contributed by atoms with van der Waals surface area (Å²) in [5, 5.41) is 9.20. The number of halogens is 2. The third-order valence-electron chi connectivity index (χ3n) is 2.25. The maximum absolute atomic E-state index is 11.7. The molecule has 1 heterocycles. The Labute approximate surface area is 114 Å². The second kappa shape index (κ2) is 4.80. The summed E-state index contributed by atoms with van der Waals surface area (Å²) in [4.78, 5) is 25.1. The Bertz CT molecular complexity index is 773. The largest absolute Gasteiger partial charge is 0.333 e. The SMILES string of the molecule is N#Cc1cn(-c2cccc(Cl)c2Br)c(=O)[nH]c1=O. The Balaban J connectivity index is 2.81. The summed E-state index contributed by atoms with van der Waals surface area (Å²) in [7, 11) is 0. The van der Waals surface area contributed by atoms with Crippen molar-refractivity contribution >= 4 is 27.5 Å². The van der Waals surface area contributed by atoms with Crippen molar-refractivity contribution < 1.29 is 0 Å². The molecule has 0 amide bonds. The molecule has 1 N–H and O–H groups in total. The van der Waals surface area contributed by atoms with Crippen molar-refractivity contribution in [1.82, 2.24) is 9.55 Å². The highest BCUT2D eigenvalue weighted by molar-refractivity contribution is 9.10. The van der Waals surface area contributed by atoms with Crippen LogP contribution in [0, 0.1) is 11.3 Å². The molecule has 0 aliphatic heterocycles. The average molecular weight is 327 g/mol. The molecule has 18 heavy (non-hydrogen) atoms. The van der Waals surface area contributed by atoms with Crippen molar-refractivity contribution in [2.45, 2.75) is 0 Å². The molecule has 1 aromatic carbocycles.